The van der Waals surface area contributed by atoms with Crippen molar-refractivity contribution < 1.29 is 9.18 Å². The molecule has 0 unspecified atom stereocenters. The normalized spacial score (nSPS) is 9.93. The molecule has 0 N–H and O–H groups in total. The van der Waals surface area contributed by atoms with E-state index in [1.165, 1.54) is 12.1 Å². The number of amides is 1. The first-order valence-corrected chi connectivity index (χ1v) is 4.54. The minimum absolute atomic E-state index is 0.0641. The van der Waals surface area contributed by atoms with E-state index in [9.17, 15) is 9.18 Å². The van der Waals surface area contributed by atoms with Crippen molar-refractivity contribution >= 4 is 5.91 Å². The van der Waals surface area contributed by atoms with Gasteiger partial charge in [0.15, 0.2) is 0 Å². The molecule has 0 heterocycles. The molecule has 0 atom stereocenters. The Morgan fingerprint density at radius 2 is 2.14 bits per heavy atom. The van der Waals surface area contributed by atoms with Crippen LogP contribution in [0.15, 0.2) is 24.3 Å². The maximum atomic E-state index is 12.8. The number of hydrogen-bond donors (Lipinski definition) is 0. The van der Waals surface area contributed by atoms with Gasteiger partial charge in [0.05, 0.1) is 0 Å². The van der Waals surface area contributed by atoms with Gasteiger partial charge in [-0.15, -0.1) is 0 Å². The molecule has 1 aromatic rings. The van der Waals surface area contributed by atoms with Crippen molar-refractivity contribution in [1.82, 2.24) is 4.90 Å². The predicted octanol–water partition coefficient (Wildman–Crippen LogP) is 1.85. The molecule has 0 fully saturated rings. The van der Waals surface area contributed by atoms with Gasteiger partial charge in [-0.05, 0) is 24.1 Å². The lowest BCUT2D eigenvalue weighted by Crippen LogP contribution is -2.21. The second kappa shape index (κ2) is 4.74. The molecule has 0 aliphatic rings. The topological polar surface area (TPSA) is 20.3 Å². The van der Waals surface area contributed by atoms with E-state index in [2.05, 4.69) is 0 Å². The van der Waals surface area contributed by atoms with Gasteiger partial charge < -0.3 is 4.90 Å². The maximum absolute atomic E-state index is 12.8. The van der Waals surface area contributed by atoms with Crippen molar-refractivity contribution in [1.29, 1.82) is 0 Å². The zero-order valence-electron chi connectivity index (χ0n) is 8.46. The van der Waals surface area contributed by atoms with Gasteiger partial charge in [-0.3, -0.25) is 4.79 Å². The zero-order chi connectivity index (χ0) is 10.6. The highest BCUT2D eigenvalue weighted by molar-refractivity contribution is 5.75. The molecule has 14 heavy (non-hydrogen) atoms. The van der Waals surface area contributed by atoms with Crippen LogP contribution in [0.25, 0.3) is 0 Å². The fraction of sp³-hybridized carbons (Fsp3) is 0.364. The summed E-state index contributed by atoms with van der Waals surface area (Å²) in [6.07, 6.45) is 1.02. The highest BCUT2D eigenvalue weighted by Gasteiger charge is 2.04. The minimum Gasteiger partial charge on any atom is -0.349 e. The first-order chi connectivity index (χ1) is 6.59. The molecule has 1 rings (SSSR count). The second-order valence-electron chi connectivity index (χ2n) is 3.42. The molecular formula is C11H14FNO. The number of carbonyl (C=O) groups excluding carboxylic acids is 1. The fourth-order valence-corrected chi connectivity index (χ4v) is 1.17. The molecule has 0 saturated carbocycles. The van der Waals surface area contributed by atoms with Crippen molar-refractivity contribution in [3.8, 4) is 0 Å². The number of hydrogen-bond acceptors (Lipinski definition) is 1. The van der Waals surface area contributed by atoms with Crippen LogP contribution in [0.2, 0.25) is 0 Å². The van der Waals surface area contributed by atoms with Crippen LogP contribution in [-0.4, -0.2) is 24.9 Å². The Labute approximate surface area is 83.3 Å². The Bertz CT molecular complexity index is 323. The molecule has 0 saturated heterocycles. The van der Waals surface area contributed by atoms with E-state index in [0.29, 0.717) is 12.8 Å². The van der Waals surface area contributed by atoms with Crippen LogP contribution in [0, 0.1) is 5.82 Å². The van der Waals surface area contributed by atoms with Crippen molar-refractivity contribution in [2.24, 2.45) is 0 Å². The predicted molar refractivity (Wildman–Crippen MR) is 53.4 cm³/mol. The summed E-state index contributed by atoms with van der Waals surface area (Å²) < 4.78 is 12.8. The van der Waals surface area contributed by atoms with Gasteiger partial charge in [-0.2, -0.15) is 0 Å². The highest BCUT2D eigenvalue weighted by Crippen LogP contribution is 2.06. The van der Waals surface area contributed by atoms with E-state index in [-0.39, 0.29) is 11.7 Å². The van der Waals surface area contributed by atoms with Gasteiger partial charge in [0.1, 0.15) is 5.82 Å². The number of benzene rings is 1. The number of aryl methyl sites for hydroxylation is 1. The Balaban J connectivity index is 2.50. The summed E-state index contributed by atoms with van der Waals surface area (Å²) in [6, 6.07) is 6.34. The van der Waals surface area contributed by atoms with Gasteiger partial charge in [-0.1, -0.05) is 12.1 Å². The van der Waals surface area contributed by atoms with Gasteiger partial charge >= 0.3 is 0 Å². The van der Waals surface area contributed by atoms with E-state index >= 15 is 0 Å². The van der Waals surface area contributed by atoms with Crippen LogP contribution in [-0.2, 0) is 11.2 Å². The Hall–Kier alpha value is -1.38. The van der Waals surface area contributed by atoms with Gasteiger partial charge in [0, 0.05) is 20.5 Å². The molecule has 0 aromatic heterocycles. The van der Waals surface area contributed by atoms with E-state index in [4.69, 9.17) is 0 Å². The van der Waals surface area contributed by atoms with Crippen LogP contribution in [0.3, 0.4) is 0 Å². The average molecular weight is 195 g/mol. The lowest BCUT2D eigenvalue weighted by atomic mass is 10.1. The van der Waals surface area contributed by atoms with Gasteiger partial charge in [0.25, 0.3) is 0 Å². The number of halogens is 1. The van der Waals surface area contributed by atoms with Crippen molar-refractivity contribution in [2.75, 3.05) is 14.1 Å². The number of nitrogens with zero attached hydrogens (tertiary/aromatic N) is 1. The molecule has 0 aliphatic heterocycles. The first-order valence-electron chi connectivity index (χ1n) is 4.54. The quantitative estimate of drug-likeness (QED) is 0.720. The highest BCUT2D eigenvalue weighted by atomic mass is 19.1. The van der Waals surface area contributed by atoms with Gasteiger partial charge in [-0.25, -0.2) is 4.39 Å². The summed E-state index contributed by atoms with van der Waals surface area (Å²) >= 11 is 0. The van der Waals surface area contributed by atoms with E-state index < -0.39 is 0 Å². The third-order valence-corrected chi connectivity index (χ3v) is 2.02. The van der Waals surface area contributed by atoms with Gasteiger partial charge in [0.2, 0.25) is 5.91 Å². The summed E-state index contributed by atoms with van der Waals surface area (Å²) in [5.74, 6) is -0.186. The molecule has 1 amide bonds. The van der Waals surface area contributed by atoms with Crippen LogP contribution >= 0.6 is 0 Å². The van der Waals surface area contributed by atoms with Crippen LogP contribution in [0.1, 0.15) is 12.0 Å². The standard InChI is InChI=1S/C11H14FNO/c1-13(2)11(14)7-6-9-4-3-5-10(12)8-9/h3-5,8H,6-7H2,1-2H3. The van der Waals surface area contributed by atoms with Crippen molar-refractivity contribution in [2.45, 2.75) is 12.8 Å². The second-order valence-corrected chi connectivity index (χ2v) is 3.42. The molecule has 3 heteroatoms. The third kappa shape index (κ3) is 3.17. The maximum Gasteiger partial charge on any atom is 0.222 e. The number of rotatable bonds is 3. The summed E-state index contributed by atoms with van der Waals surface area (Å²) in [7, 11) is 3.43. The molecule has 0 spiro atoms. The summed E-state index contributed by atoms with van der Waals surface area (Å²) in [5.41, 5.74) is 0.861. The number of carbonyl (C=O) groups is 1. The van der Waals surface area contributed by atoms with E-state index in [0.717, 1.165) is 5.56 Å². The van der Waals surface area contributed by atoms with Crippen LogP contribution in [0.4, 0.5) is 4.39 Å². The van der Waals surface area contributed by atoms with E-state index in [1.807, 2.05) is 6.07 Å². The molecule has 1 aromatic carbocycles. The van der Waals surface area contributed by atoms with Crippen LogP contribution < -0.4 is 0 Å². The Morgan fingerprint density at radius 1 is 1.43 bits per heavy atom. The molecule has 76 valence electrons. The fourth-order valence-electron chi connectivity index (χ4n) is 1.17. The molecular weight excluding hydrogens is 181 g/mol. The van der Waals surface area contributed by atoms with Crippen LogP contribution in [0.5, 0.6) is 0 Å². The Kier molecular flexibility index (Phi) is 3.63. The summed E-state index contributed by atoms with van der Waals surface area (Å²) in [6.45, 7) is 0. The Morgan fingerprint density at radius 3 is 2.71 bits per heavy atom. The smallest absolute Gasteiger partial charge is 0.222 e. The summed E-state index contributed by atoms with van der Waals surface area (Å²) in [5, 5.41) is 0. The van der Waals surface area contributed by atoms with E-state index in [1.54, 1.807) is 25.1 Å². The monoisotopic (exact) mass is 195 g/mol. The average Bonchev–Trinajstić information content (AvgIpc) is 2.14. The zero-order valence-corrected chi connectivity index (χ0v) is 8.46. The first kappa shape index (κ1) is 10.7. The molecule has 0 bridgehead atoms. The molecule has 0 aliphatic carbocycles. The molecule has 2 nitrogen and oxygen atoms in total. The SMILES string of the molecule is CN(C)C(=O)CCc1cccc(F)c1. The van der Waals surface area contributed by atoms with Crippen molar-refractivity contribution in [3.05, 3.63) is 35.6 Å². The third-order valence-electron chi connectivity index (χ3n) is 2.02. The summed E-state index contributed by atoms with van der Waals surface area (Å²) in [4.78, 5) is 12.8. The largest absolute Gasteiger partial charge is 0.349 e. The lowest BCUT2D eigenvalue weighted by molar-refractivity contribution is -0.128. The minimum atomic E-state index is -0.250. The lowest BCUT2D eigenvalue weighted by Gasteiger charge is -2.09. The molecule has 0 radical (unpaired) electrons. The van der Waals surface area contributed by atoms with Crippen molar-refractivity contribution in [3.63, 3.8) is 0 Å².